The van der Waals surface area contributed by atoms with Crippen molar-refractivity contribution < 1.29 is 4.74 Å². The van der Waals surface area contributed by atoms with E-state index in [1.165, 1.54) is 18.4 Å². The van der Waals surface area contributed by atoms with Crippen LogP contribution in [0.2, 0.25) is 0 Å². The summed E-state index contributed by atoms with van der Waals surface area (Å²) in [6, 6.07) is 21.1. The van der Waals surface area contributed by atoms with Crippen molar-refractivity contribution in [3.05, 3.63) is 72.4 Å². The summed E-state index contributed by atoms with van der Waals surface area (Å²) in [4.78, 5) is 0. The molecule has 1 unspecified atom stereocenters. The Morgan fingerprint density at radius 1 is 1.04 bits per heavy atom. The largest absolute Gasteiger partial charge is 0.492 e. The van der Waals surface area contributed by atoms with Crippen molar-refractivity contribution in [1.29, 1.82) is 0 Å². The highest BCUT2D eigenvalue weighted by Crippen LogP contribution is 2.18. The molecule has 0 aliphatic carbocycles. The maximum Gasteiger partial charge on any atom is 0.119 e. The Morgan fingerprint density at radius 2 is 1.88 bits per heavy atom. The van der Waals surface area contributed by atoms with Crippen LogP contribution in [0.5, 0.6) is 5.75 Å². The Labute approximate surface area is 148 Å². The molecule has 1 aromatic heterocycles. The molecular weight excluding hydrogens is 310 g/mol. The van der Waals surface area contributed by atoms with Gasteiger partial charge in [0.25, 0.3) is 0 Å². The average molecular weight is 333 g/mol. The van der Waals surface area contributed by atoms with Gasteiger partial charge in [0.2, 0.25) is 0 Å². The molecule has 1 aliphatic heterocycles. The molecule has 0 amide bonds. The van der Waals surface area contributed by atoms with Crippen LogP contribution in [0.4, 0.5) is 0 Å². The smallest absolute Gasteiger partial charge is 0.119 e. The van der Waals surface area contributed by atoms with Crippen molar-refractivity contribution in [3.8, 4) is 17.0 Å². The molecule has 0 spiro atoms. The zero-order valence-electron chi connectivity index (χ0n) is 14.3. The third-order valence-corrected chi connectivity index (χ3v) is 4.59. The first-order valence-electron chi connectivity index (χ1n) is 8.91. The normalized spacial score (nSPS) is 16.9. The summed E-state index contributed by atoms with van der Waals surface area (Å²) in [6.45, 7) is 2.62. The van der Waals surface area contributed by atoms with Gasteiger partial charge in [0.1, 0.15) is 12.4 Å². The van der Waals surface area contributed by atoms with E-state index in [4.69, 9.17) is 4.74 Å². The Bertz CT molecular complexity index is 790. The quantitative estimate of drug-likeness (QED) is 0.747. The van der Waals surface area contributed by atoms with Crippen LogP contribution in [0.15, 0.2) is 66.9 Å². The SMILES string of the molecule is c1ccc(-c2ccn(Cc3ccc(OCC4CCCN4)cc3)n2)cc1. The lowest BCUT2D eigenvalue weighted by molar-refractivity contribution is 0.277. The van der Waals surface area contributed by atoms with Gasteiger partial charge in [0.05, 0.1) is 12.2 Å². The van der Waals surface area contributed by atoms with Crippen LogP contribution in [0.3, 0.4) is 0 Å². The number of rotatable bonds is 6. The van der Waals surface area contributed by atoms with E-state index in [0.717, 1.165) is 36.7 Å². The van der Waals surface area contributed by atoms with E-state index in [2.05, 4.69) is 40.7 Å². The van der Waals surface area contributed by atoms with Gasteiger partial charge in [-0.15, -0.1) is 0 Å². The predicted octanol–water partition coefficient (Wildman–Crippen LogP) is 3.73. The molecule has 1 saturated heterocycles. The molecule has 4 heteroatoms. The second-order valence-corrected chi connectivity index (χ2v) is 6.51. The van der Waals surface area contributed by atoms with Crippen molar-refractivity contribution >= 4 is 0 Å². The van der Waals surface area contributed by atoms with E-state index < -0.39 is 0 Å². The van der Waals surface area contributed by atoms with Gasteiger partial charge in [-0.1, -0.05) is 42.5 Å². The van der Waals surface area contributed by atoms with E-state index in [9.17, 15) is 0 Å². The third kappa shape index (κ3) is 4.09. The summed E-state index contributed by atoms with van der Waals surface area (Å²) in [7, 11) is 0. The zero-order chi connectivity index (χ0) is 16.9. The Hall–Kier alpha value is -2.59. The molecular formula is C21H23N3O. The highest BCUT2D eigenvalue weighted by molar-refractivity contribution is 5.58. The number of benzene rings is 2. The monoisotopic (exact) mass is 333 g/mol. The molecule has 4 nitrogen and oxygen atoms in total. The van der Waals surface area contributed by atoms with Crippen LogP contribution in [0.25, 0.3) is 11.3 Å². The average Bonchev–Trinajstić information content (AvgIpc) is 3.34. The van der Waals surface area contributed by atoms with Crippen LogP contribution < -0.4 is 10.1 Å². The van der Waals surface area contributed by atoms with E-state index in [1.54, 1.807) is 0 Å². The van der Waals surface area contributed by atoms with Crippen LogP contribution in [-0.4, -0.2) is 29.0 Å². The van der Waals surface area contributed by atoms with Crippen LogP contribution in [0, 0.1) is 0 Å². The van der Waals surface area contributed by atoms with Gasteiger partial charge in [0.15, 0.2) is 0 Å². The minimum absolute atomic E-state index is 0.500. The molecule has 1 N–H and O–H groups in total. The predicted molar refractivity (Wildman–Crippen MR) is 99.7 cm³/mol. The fraction of sp³-hybridized carbons (Fsp3) is 0.286. The van der Waals surface area contributed by atoms with Crippen molar-refractivity contribution in [1.82, 2.24) is 15.1 Å². The van der Waals surface area contributed by atoms with E-state index >= 15 is 0 Å². The zero-order valence-corrected chi connectivity index (χ0v) is 14.3. The second kappa shape index (κ2) is 7.53. The fourth-order valence-electron chi connectivity index (χ4n) is 3.19. The minimum atomic E-state index is 0.500. The highest BCUT2D eigenvalue weighted by atomic mass is 16.5. The standard InChI is InChI=1S/C21H23N3O/c1-2-5-18(6-3-1)21-12-14-24(23-21)15-17-8-10-20(11-9-17)25-16-19-7-4-13-22-19/h1-3,5-6,8-12,14,19,22H,4,7,13,15-16H2. The number of nitrogens with one attached hydrogen (secondary N) is 1. The highest BCUT2D eigenvalue weighted by Gasteiger charge is 2.14. The molecule has 2 heterocycles. The summed E-state index contributed by atoms with van der Waals surface area (Å²) in [5, 5.41) is 8.11. The summed E-state index contributed by atoms with van der Waals surface area (Å²) < 4.78 is 7.85. The molecule has 3 aromatic rings. The third-order valence-electron chi connectivity index (χ3n) is 4.59. The first kappa shape index (κ1) is 15.9. The van der Waals surface area contributed by atoms with Gasteiger partial charge in [-0.25, -0.2) is 0 Å². The van der Waals surface area contributed by atoms with Crippen LogP contribution >= 0.6 is 0 Å². The molecule has 0 radical (unpaired) electrons. The van der Waals surface area contributed by atoms with E-state index in [-0.39, 0.29) is 0 Å². The molecule has 25 heavy (non-hydrogen) atoms. The fourth-order valence-corrected chi connectivity index (χ4v) is 3.19. The molecule has 1 fully saturated rings. The summed E-state index contributed by atoms with van der Waals surface area (Å²) in [5.74, 6) is 0.933. The van der Waals surface area contributed by atoms with Gasteiger partial charge in [-0.2, -0.15) is 5.10 Å². The van der Waals surface area contributed by atoms with Gasteiger partial charge < -0.3 is 10.1 Å². The first-order chi connectivity index (χ1) is 12.4. The first-order valence-corrected chi connectivity index (χ1v) is 8.91. The van der Waals surface area contributed by atoms with Gasteiger partial charge in [-0.05, 0) is 43.1 Å². The molecule has 4 rings (SSSR count). The van der Waals surface area contributed by atoms with E-state index in [1.807, 2.05) is 41.2 Å². The van der Waals surface area contributed by atoms with Gasteiger partial charge >= 0.3 is 0 Å². The lowest BCUT2D eigenvalue weighted by atomic mass is 10.2. The summed E-state index contributed by atoms with van der Waals surface area (Å²) in [5.41, 5.74) is 3.36. The molecule has 0 bridgehead atoms. The minimum Gasteiger partial charge on any atom is -0.492 e. The van der Waals surface area contributed by atoms with Crippen LogP contribution in [0.1, 0.15) is 18.4 Å². The van der Waals surface area contributed by atoms with Gasteiger partial charge in [-0.3, -0.25) is 4.68 Å². The summed E-state index contributed by atoms with van der Waals surface area (Å²) in [6.07, 6.45) is 4.49. The van der Waals surface area contributed by atoms with Crippen molar-refractivity contribution in [2.24, 2.45) is 0 Å². The number of nitrogens with zero attached hydrogens (tertiary/aromatic N) is 2. The van der Waals surface area contributed by atoms with Crippen molar-refractivity contribution in [2.75, 3.05) is 13.2 Å². The van der Waals surface area contributed by atoms with Crippen molar-refractivity contribution in [2.45, 2.75) is 25.4 Å². The maximum absolute atomic E-state index is 5.87. The maximum atomic E-state index is 5.87. The molecule has 2 aromatic carbocycles. The van der Waals surface area contributed by atoms with Crippen molar-refractivity contribution in [3.63, 3.8) is 0 Å². The van der Waals surface area contributed by atoms with Crippen LogP contribution in [-0.2, 0) is 6.54 Å². The Balaban J connectivity index is 1.35. The topological polar surface area (TPSA) is 39.1 Å². The van der Waals surface area contributed by atoms with E-state index in [0.29, 0.717) is 6.04 Å². The Kier molecular flexibility index (Phi) is 4.79. The summed E-state index contributed by atoms with van der Waals surface area (Å²) >= 11 is 0. The molecule has 1 atom stereocenters. The number of hydrogen-bond acceptors (Lipinski definition) is 3. The lowest BCUT2D eigenvalue weighted by Crippen LogP contribution is -2.28. The molecule has 1 aliphatic rings. The lowest BCUT2D eigenvalue weighted by Gasteiger charge is -2.12. The number of hydrogen-bond donors (Lipinski definition) is 1. The second-order valence-electron chi connectivity index (χ2n) is 6.51. The van der Waals surface area contributed by atoms with Gasteiger partial charge in [0, 0.05) is 17.8 Å². The molecule has 0 saturated carbocycles. The number of aromatic nitrogens is 2. The number of ether oxygens (including phenoxy) is 1. The Morgan fingerprint density at radius 3 is 2.64 bits per heavy atom. The molecule has 128 valence electrons.